The summed E-state index contributed by atoms with van der Waals surface area (Å²) in [5, 5.41) is 0. The monoisotopic (exact) mass is 304 g/mol. The Balaban J connectivity index is 1.88. The summed E-state index contributed by atoms with van der Waals surface area (Å²) < 4.78 is 10.6. The molecule has 0 atom stereocenters. The highest BCUT2D eigenvalue weighted by Crippen LogP contribution is 2.25. The van der Waals surface area contributed by atoms with Crippen molar-refractivity contribution in [3.8, 4) is 0 Å². The van der Waals surface area contributed by atoms with Gasteiger partial charge in [-0.1, -0.05) is 6.58 Å². The predicted octanol–water partition coefficient (Wildman–Crippen LogP) is 2.05. The van der Waals surface area contributed by atoms with Crippen LogP contribution in [0.4, 0.5) is 11.4 Å². The molecular weight excluding hydrogens is 284 g/mol. The third kappa shape index (κ3) is 4.00. The minimum Gasteiger partial charge on any atom is -0.459 e. The summed E-state index contributed by atoms with van der Waals surface area (Å²) in [4.78, 5) is 23.3. The third-order valence-corrected chi connectivity index (χ3v) is 3.64. The van der Waals surface area contributed by atoms with Crippen molar-refractivity contribution in [2.45, 2.75) is 37.9 Å². The molecule has 0 bridgehead atoms. The van der Waals surface area contributed by atoms with Gasteiger partial charge in [0.1, 0.15) is 12.2 Å². The predicted molar refractivity (Wildman–Crippen MR) is 83.0 cm³/mol. The maximum atomic E-state index is 12.1. The van der Waals surface area contributed by atoms with Crippen LogP contribution >= 0.6 is 0 Å². The van der Waals surface area contributed by atoms with E-state index >= 15 is 0 Å². The van der Waals surface area contributed by atoms with Gasteiger partial charge in [0, 0.05) is 17.5 Å². The van der Waals surface area contributed by atoms with Gasteiger partial charge in [-0.15, -0.1) is 0 Å². The molecule has 0 heterocycles. The summed E-state index contributed by atoms with van der Waals surface area (Å²) in [6, 6.07) is 4.72. The minimum atomic E-state index is -0.476. The molecule has 0 aromatic heterocycles. The molecule has 6 heteroatoms. The Morgan fingerprint density at radius 3 is 2.27 bits per heavy atom. The Hall–Kier alpha value is -2.50. The molecule has 118 valence electrons. The largest absolute Gasteiger partial charge is 0.459 e. The van der Waals surface area contributed by atoms with Gasteiger partial charge in [0.15, 0.2) is 0 Å². The number of hydrogen-bond acceptors (Lipinski definition) is 6. The first-order chi connectivity index (χ1) is 10.5. The van der Waals surface area contributed by atoms with E-state index < -0.39 is 11.9 Å². The van der Waals surface area contributed by atoms with Crippen LogP contribution < -0.4 is 11.5 Å². The molecule has 1 fully saturated rings. The van der Waals surface area contributed by atoms with Gasteiger partial charge >= 0.3 is 11.9 Å². The molecule has 4 N–H and O–H groups in total. The molecule has 1 aromatic rings. The van der Waals surface area contributed by atoms with Crippen molar-refractivity contribution in [2.24, 2.45) is 0 Å². The molecule has 0 radical (unpaired) electrons. The number of anilines is 2. The van der Waals surface area contributed by atoms with Crippen LogP contribution in [0.3, 0.4) is 0 Å². The Kier molecular flexibility index (Phi) is 5.04. The molecule has 6 nitrogen and oxygen atoms in total. The number of hydrogen-bond donors (Lipinski definition) is 2. The van der Waals surface area contributed by atoms with Crippen LogP contribution in [-0.2, 0) is 14.3 Å². The molecule has 1 aliphatic rings. The van der Waals surface area contributed by atoms with Crippen LogP contribution in [0.5, 0.6) is 0 Å². The maximum absolute atomic E-state index is 12.1. The first-order valence-electron chi connectivity index (χ1n) is 7.18. The second-order valence-electron chi connectivity index (χ2n) is 5.29. The molecule has 0 saturated heterocycles. The van der Waals surface area contributed by atoms with Gasteiger partial charge in [-0.05, 0) is 43.9 Å². The van der Waals surface area contributed by atoms with Gasteiger partial charge in [0.2, 0.25) is 0 Å². The van der Waals surface area contributed by atoms with E-state index in [1.807, 2.05) is 0 Å². The normalized spacial score (nSPS) is 20.9. The lowest BCUT2D eigenvalue weighted by atomic mass is 9.95. The molecule has 1 saturated carbocycles. The smallest absolute Gasteiger partial charge is 0.340 e. The SMILES string of the molecule is C=CC(=O)OC1CCC(OC(=O)c2cc(N)ccc2N)CC1. The first kappa shape index (κ1) is 15.9. The summed E-state index contributed by atoms with van der Waals surface area (Å²) >= 11 is 0. The van der Waals surface area contributed by atoms with Crippen LogP contribution in [0.2, 0.25) is 0 Å². The molecular formula is C16H20N2O4. The van der Waals surface area contributed by atoms with Gasteiger partial charge in [0.05, 0.1) is 5.56 Å². The van der Waals surface area contributed by atoms with E-state index in [4.69, 9.17) is 20.9 Å². The van der Waals surface area contributed by atoms with Gasteiger partial charge < -0.3 is 20.9 Å². The molecule has 0 amide bonds. The zero-order chi connectivity index (χ0) is 16.1. The lowest BCUT2D eigenvalue weighted by Gasteiger charge is -2.28. The second-order valence-corrected chi connectivity index (χ2v) is 5.29. The number of ether oxygens (including phenoxy) is 2. The molecule has 1 aromatic carbocycles. The van der Waals surface area contributed by atoms with Crippen molar-refractivity contribution in [3.63, 3.8) is 0 Å². The fourth-order valence-electron chi connectivity index (χ4n) is 2.45. The van der Waals surface area contributed by atoms with E-state index in [1.54, 1.807) is 12.1 Å². The van der Waals surface area contributed by atoms with E-state index in [2.05, 4.69) is 6.58 Å². The number of carbonyl (C=O) groups excluding carboxylic acids is 2. The molecule has 2 rings (SSSR count). The van der Waals surface area contributed by atoms with Crippen LogP contribution in [0, 0.1) is 0 Å². The highest BCUT2D eigenvalue weighted by Gasteiger charge is 2.26. The zero-order valence-electron chi connectivity index (χ0n) is 12.3. The van der Waals surface area contributed by atoms with Gasteiger partial charge in [-0.3, -0.25) is 0 Å². The van der Waals surface area contributed by atoms with Crippen molar-refractivity contribution < 1.29 is 19.1 Å². The average Bonchev–Trinajstić information content (AvgIpc) is 2.51. The van der Waals surface area contributed by atoms with Crippen molar-refractivity contribution in [3.05, 3.63) is 36.4 Å². The molecule has 0 spiro atoms. The summed E-state index contributed by atoms with van der Waals surface area (Å²) in [5.74, 6) is -0.899. The van der Waals surface area contributed by atoms with Gasteiger partial charge in [0.25, 0.3) is 0 Å². The van der Waals surface area contributed by atoms with Crippen molar-refractivity contribution in [1.29, 1.82) is 0 Å². The quantitative estimate of drug-likeness (QED) is 0.501. The highest BCUT2D eigenvalue weighted by molar-refractivity contribution is 5.96. The summed E-state index contributed by atoms with van der Waals surface area (Å²) in [6.45, 7) is 3.36. The Morgan fingerprint density at radius 1 is 1.09 bits per heavy atom. The van der Waals surface area contributed by atoms with Crippen molar-refractivity contribution >= 4 is 23.3 Å². The first-order valence-corrected chi connectivity index (χ1v) is 7.18. The lowest BCUT2D eigenvalue weighted by Crippen LogP contribution is -2.29. The fourth-order valence-corrected chi connectivity index (χ4v) is 2.45. The topological polar surface area (TPSA) is 105 Å². The summed E-state index contributed by atoms with van der Waals surface area (Å²) in [6.07, 6.45) is 3.40. The standard InChI is InChI=1S/C16H20N2O4/c1-2-15(19)21-11-4-6-12(7-5-11)22-16(20)13-9-10(17)3-8-14(13)18/h2-3,8-9,11-12H,1,4-7,17-18H2. The van der Waals surface area contributed by atoms with E-state index in [9.17, 15) is 9.59 Å². The number of esters is 2. The molecule has 0 unspecified atom stereocenters. The highest BCUT2D eigenvalue weighted by atomic mass is 16.6. The van der Waals surface area contributed by atoms with E-state index in [1.165, 1.54) is 6.07 Å². The van der Waals surface area contributed by atoms with Crippen molar-refractivity contribution in [2.75, 3.05) is 11.5 Å². The number of rotatable bonds is 4. The van der Waals surface area contributed by atoms with E-state index in [0.717, 1.165) is 6.08 Å². The van der Waals surface area contributed by atoms with Crippen LogP contribution in [0.15, 0.2) is 30.9 Å². The zero-order valence-corrected chi connectivity index (χ0v) is 12.3. The van der Waals surface area contributed by atoms with Crippen LogP contribution in [0.1, 0.15) is 36.0 Å². The lowest BCUT2D eigenvalue weighted by molar-refractivity contribution is -0.145. The van der Waals surface area contributed by atoms with E-state index in [0.29, 0.717) is 37.1 Å². The number of benzene rings is 1. The van der Waals surface area contributed by atoms with Crippen molar-refractivity contribution in [1.82, 2.24) is 0 Å². The third-order valence-electron chi connectivity index (χ3n) is 3.64. The molecule has 1 aliphatic carbocycles. The number of carbonyl (C=O) groups is 2. The maximum Gasteiger partial charge on any atom is 0.340 e. The molecule has 0 aliphatic heterocycles. The Morgan fingerprint density at radius 2 is 1.68 bits per heavy atom. The summed E-state index contributed by atoms with van der Waals surface area (Å²) in [5.41, 5.74) is 12.5. The fraction of sp³-hybridized carbons (Fsp3) is 0.375. The Bertz CT molecular complexity index is 578. The summed E-state index contributed by atoms with van der Waals surface area (Å²) in [7, 11) is 0. The molecule has 22 heavy (non-hydrogen) atoms. The number of nitrogens with two attached hydrogens (primary N) is 2. The Labute approximate surface area is 129 Å². The van der Waals surface area contributed by atoms with Gasteiger partial charge in [-0.25, -0.2) is 9.59 Å². The minimum absolute atomic E-state index is 0.141. The second kappa shape index (κ2) is 6.98. The average molecular weight is 304 g/mol. The van der Waals surface area contributed by atoms with Crippen LogP contribution in [0.25, 0.3) is 0 Å². The van der Waals surface area contributed by atoms with Gasteiger partial charge in [-0.2, -0.15) is 0 Å². The number of nitrogen functional groups attached to an aromatic ring is 2. The van der Waals surface area contributed by atoms with E-state index in [-0.39, 0.29) is 17.8 Å². The van der Waals surface area contributed by atoms with Crippen LogP contribution in [-0.4, -0.2) is 24.1 Å².